The van der Waals surface area contributed by atoms with E-state index in [2.05, 4.69) is 4.98 Å². The maximum absolute atomic E-state index is 11.1. The Morgan fingerprint density at radius 2 is 1.96 bits per heavy atom. The summed E-state index contributed by atoms with van der Waals surface area (Å²) < 4.78 is 17.5. The Bertz CT molecular complexity index is 852. The molecule has 0 saturated carbocycles. The lowest BCUT2D eigenvalue weighted by Gasteiger charge is -2.27. The zero-order valence-corrected chi connectivity index (χ0v) is 16.3. The number of pyridine rings is 1. The molecule has 1 fully saturated rings. The van der Waals surface area contributed by atoms with Crippen LogP contribution in [0.4, 0.5) is 0 Å². The number of rotatable bonds is 4. The second-order valence-corrected chi connectivity index (χ2v) is 7.37. The Kier molecular flexibility index (Phi) is 4.82. The number of methoxy groups -OCH3 is 1. The third-order valence-corrected chi connectivity index (χ3v) is 5.22. The van der Waals surface area contributed by atoms with Crippen molar-refractivity contribution in [2.24, 2.45) is 0 Å². The van der Waals surface area contributed by atoms with E-state index in [0.29, 0.717) is 28.1 Å². The molecule has 1 aromatic carbocycles. The number of aromatic nitrogens is 1. The van der Waals surface area contributed by atoms with Gasteiger partial charge in [-0.25, -0.2) is 4.98 Å². The van der Waals surface area contributed by atoms with Crippen molar-refractivity contribution in [1.82, 2.24) is 4.98 Å². The molecule has 0 aliphatic carbocycles. The summed E-state index contributed by atoms with van der Waals surface area (Å²) in [6.45, 7) is 7.83. The van der Waals surface area contributed by atoms with Crippen molar-refractivity contribution < 1.29 is 19.0 Å². The molecular formula is C20H22ClNO4. The van der Waals surface area contributed by atoms with Gasteiger partial charge in [0, 0.05) is 11.1 Å². The van der Waals surface area contributed by atoms with Crippen LogP contribution in [0.3, 0.4) is 0 Å². The van der Waals surface area contributed by atoms with Gasteiger partial charge < -0.3 is 14.2 Å². The summed E-state index contributed by atoms with van der Waals surface area (Å²) in [6, 6.07) is 9.03. The predicted octanol–water partition coefficient (Wildman–Crippen LogP) is 4.61. The van der Waals surface area contributed by atoms with E-state index in [1.165, 1.54) is 7.11 Å². The molecule has 2 aromatic rings. The van der Waals surface area contributed by atoms with Crippen molar-refractivity contribution in [3.8, 4) is 17.1 Å². The Hall–Kier alpha value is -1.95. The number of ether oxygens (including phenoxy) is 3. The fourth-order valence-corrected chi connectivity index (χ4v) is 3.54. The predicted molar refractivity (Wildman–Crippen MR) is 99.7 cm³/mol. The summed E-state index contributed by atoms with van der Waals surface area (Å²) in [5, 5.41) is 0.494. The van der Waals surface area contributed by atoms with E-state index in [0.717, 1.165) is 5.56 Å². The van der Waals surface area contributed by atoms with Gasteiger partial charge in [-0.3, -0.25) is 4.79 Å². The first-order valence-corrected chi connectivity index (χ1v) is 8.77. The molecule has 1 saturated heterocycles. The maximum atomic E-state index is 11.1. The van der Waals surface area contributed by atoms with E-state index in [4.69, 9.17) is 25.8 Å². The molecule has 2 atom stereocenters. The summed E-state index contributed by atoms with van der Waals surface area (Å²) in [4.78, 5) is 15.5. The molecule has 0 N–H and O–H groups in total. The normalized spacial score (nSPS) is 24.5. The van der Waals surface area contributed by atoms with Gasteiger partial charge in [-0.05, 0) is 39.8 Å². The molecule has 0 radical (unpaired) electrons. The van der Waals surface area contributed by atoms with Gasteiger partial charge >= 0.3 is 0 Å². The first kappa shape index (κ1) is 18.8. The molecule has 2 heterocycles. The molecular weight excluding hydrogens is 354 g/mol. The number of hydrogen-bond donors (Lipinski definition) is 0. The van der Waals surface area contributed by atoms with Gasteiger partial charge in [0.05, 0.1) is 35.1 Å². The summed E-state index contributed by atoms with van der Waals surface area (Å²) in [5.74, 6) is -0.698. The summed E-state index contributed by atoms with van der Waals surface area (Å²) in [5.41, 5.74) is 2.00. The van der Waals surface area contributed by atoms with Crippen molar-refractivity contribution in [2.45, 2.75) is 45.2 Å². The van der Waals surface area contributed by atoms with Gasteiger partial charge in [0.25, 0.3) is 0 Å². The van der Waals surface area contributed by atoms with Crippen molar-refractivity contribution in [3.63, 3.8) is 0 Å². The number of hydrogen-bond acceptors (Lipinski definition) is 5. The minimum absolute atomic E-state index is 0.0858. The standard InChI is InChI=1S/C20H22ClNO4/c1-12-19(2,3)26-20(4,25-12)15-8-6-7-14(17(15)21)16-10-9-13(11-23)18(22-16)24-5/h6-12H,1-5H3. The highest BCUT2D eigenvalue weighted by atomic mass is 35.5. The minimum Gasteiger partial charge on any atom is -0.480 e. The quantitative estimate of drug-likeness (QED) is 0.730. The Labute approximate surface area is 158 Å². The van der Waals surface area contributed by atoms with E-state index < -0.39 is 11.4 Å². The number of carbonyl (C=O) groups is 1. The van der Waals surface area contributed by atoms with Gasteiger partial charge in [-0.1, -0.05) is 29.8 Å². The third-order valence-electron chi connectivity index (χ3n) is 4.81. The molecule has 5 nitrogen and oxygen atoms in total. The lowest BCUT2D eigenvalue weighted by molar-refractivity contribution is -0.179. The van der Waals surface area contributed by atoms with Crippen molar-refractivity contribution in [2.75, 3.05) is 7.11 Å². The molecule has 6 heteroatoms. The number of nitrogens with zero attached hydrogens (tertiary/aromatic N) is 1. The lowest BCUT2D eigenvalue weighted by atomic mass is 10.0. The van der Waals surface area contributed by atoms with Crippen LogP contribution in [-0.4, -0.2) is 30.1 Å². The van der Waals surface area contributed by atoms with Crippen LogP contribution in [-0.2, 0) is 15.3 Å². The molecule has 0 amide bonds. The SMILES string of the molecule is COc1nc(-c2cccc(C3(C)OC(C)C(C)(C)O3)c2Cl)ccc1C=O. The molecule has 26 heavy (non-hydrogen) atoms. The van der Waals surface area contributed by atoms with Crippen LogP contribution in [0, 0.1) is 0 Å². The van der Waals surface area contributed by atoms with Crippen molar-refractivity contribution in [1.29, 1.82) is 0 Å². The zero-order valence-electron chi connectivity index (χ0n) is 15.5. The van der Waals surface area contributed by atoms with Crippen molar-refractivity contribution in [3.05, 3.63) is 46.5 Å². The first-order chi connectivity index (χ1) is 12.2. The van der Waals surface area contributed by atoms with Gasteiger partial charge in [0.15, 0.2) is 12.1 Å². The maximum Gasteiger partial charge on any atom is 0.224 e. The molecule has 3 rings (SSSR count). The molecule has 2 unspecified atom stereocenters. The Balaban J connectivity index is 2.08. The number of aldehydes is 1. The zero-order chi connectivity index (χ0) is 19.1. The lowest BCUT2D eigenvalue weighted by Crippen LogP contribution is -2.31. The second-order valence-electron chi connectivity index (χ2n) is 6.99. The monoisotopic (exact) mass is 375 g/mol. The number of halogens is 1. The molecule has 1 aromatic heterocycles. The van der Waals surface area contributed by atoms with E-state index in [1.807, 2.05) is 45.9 Å². The van der Waals surface area contributed by atoms with E-state index in [9.17, 15) is 4.79 Å². The molecule has 0 bridgehead atoms. The van der Waals surface area contributed by atoms with Crippen LogP contribution < -0.4 is 4.74 Å². The summed E-state index contributed by atoms with van der Waals surface area (Å²) in [6.07, 6.45) is 0.621. The highest BCUT2D eigenvalue weighted by molar-refractivity contribution is 6.34. The second kappa shape index (κ2) is 6.65. The molecule has 138 valence electrons. The molecule has 0 spiro atoms. The Morgan fingerprint density at radius 1 is 1.23 bits per heavy atom. The van der Waals surface area contributed by atoms with Crippen LogP contribution >= 0.6 is 11.6 Å². The van der Waals surface area contributed by atoms with Crippen LogP contribution in [0.1, 0.15) is 43.6 Å². The minimum atomic E-state index is -0.956. The fourth-order valence-electron chi connectivity index (χ4n) is 3.14. The van der Waals surface area contributed by atoms with Crippen molar-refractivity contribution >= 4 is 17.9 Å². The smallest absolute Gasteiger partial charge is 0.224 e. The van der Waals surface area contributed by atoms with E-state index in [1.54, 1.807) is 12.1 Å². The highest BCUT2D eigenvalue weighted by Gasteiger charge is 2.49. The van der Waals surface area contributed by atoms with Gasteiger partial charge in [0.1, 0.15) is 0 Å². The van der Waals surface area contributed by atoms with Crippen LogP contribution in [0.5, 0.6) is 5.88 Å². The average molecular weight is 376 g/mol. The largest absolute Gasteiger partial charge is 0.480 e. The summed E-state index contributed by atoms with van der Waals surface area (Å²) in [7, 11) is 1.47. The summed E-state index contributed by atoms with van der Waals surface area (Å²) >= 11 is 6.71. The topological polar surface area (TPSA) is 57.6 Å². The van der Waals surface area contributed by atoms with E-state index in [-0.39, 0.29) is 12.0 Å². The van der Waals surface area contributed by atoms with Gasteiger partial charge in [-0.2, -0.15) is 0 Å². The number of carbonyl (C=O) groups excluding carboxylic acids is 1. The Morgan fingerprint density at radius 3 is 2.54 bits per heavy atom. The van der Waals surface area contributed by atoms with Crippen LogP contribution in [0.2, 0.25) is 5.02 Å². The first-order valence-electron chi connectivity index (χ1n) is 8.39. The van der Waals surface area contributed by atoms with E-state index >= 15 is 0 Å². The van der Waals surface area contributed by atoms with Gasteiger partial charge in [-0.15, -0.1) is 0 Å². The third kappa shape index (κ3) is 3.11. The average Bonchev–Trinajstić information content (AvgIpc) is 2.82. The van der Waals surface area contributed by atoms with Crippen LogP contribution in [0.25, 0.3) is 11.3 Å². The molecule has 1 aliphatic rings. The van der Waals surface area contributed by atoms with Gasteiger partial charge in [0.2, 0.25) is 5.88 Å². The fraction of sp³-hybridized carbons (Fsp3) is 0.400. The van der Waals surface area contributed by atoms with Crippen LogP contribution in [0.15, 0.2) is 30.3 Å². The molecule has 1 aliphatic heterocycles. The highest BCUT2D eigenvalue weighted by Crippen LogP contribution is 2.46. The number of benzene rings is 1.